The molecule has 1 amide bonds. The fourth-order valence-corrected chi connectivity index (χ4v) is 1.92. The first-order chi connectivity index (χ1) is 6.79. The molecule has 0 N–H and O–H groups in total. The third kappa shape index (κ3) is 3.16. The van der Waals surface area contributed by atoms with Crippen LogP contribution in [-0.2, 0) is 4.79 Å². The van der Waals surface area contributed by atoms with Crippen molar-refractivity contribution in [1.82, 2.24) is 4.90 Å². The van der Waals surface area contributed by atoms with E-state index < -0.39 is 0 Å². The van der Waals surface area contributed by atoms with E-state index in [1.165, 1.54) is 19.3 Å². The predicted molar refractivity (Wildman–Crippen MR) is 59.6 cm³/mol. The zero-order chi connectivity index (χ0) is 10.4. The number of hydrogen-bond acceptors (Lipinski definition) is 1. The first kappa shape index (κ1) is 11.8. The molecule has 0 bridgehead atoms. The van der Waals surface area contributed by atoms with Crippen molar-refractivity contribution in [2.45, 2.75) is 51.5 Å². The van der Waals surface area contributed by atoms with E-state index in [1.54, 1.807) is 0 Å². The van der Waals surface area contributed by atoms with Gasteiger partial charge in [0.25, 0.3) is 0 Å². The summed E-state index contributed by atoms with van der Waals surface area (Å²) < 4.78 is 0. The van der Waals surface area contributed by atoms with E-state index in [9.17, 15) is 4.79 Å². The van der Waals surface area contributed by atoms with Crippen LogP contribution in [0.2, 0.25) is 0 Å². The number of nitrogens with zero attached hydrogens (tertiary/aromatic N) is 1. The first-order valence-corrected chi connectivity index (χ1v) is 6.18. The molecule has 82 valence electrons. The second kappa shape index (κ2) is 6.28. The summed E-state index contributed by atoms with van der Waals surface area (Å²) in [5.74, 6) is 0.977. The van der Waals surface area contributed by atoms with E-state index in [4.69, 9.17) is 11.6 Å². The summed E-state index contributed by atoms with van der Waals surface area (Å²) >= 11 is 5.66. The second-order valence-electron chi connectivity index (χ2n) is 3.96. The van der Waals surface area contributed by atoms with Gasteiger partial charge in [0.15, 0.2) is 0 Å². The normalized spacial score (nSPS) is 16.4. The van der Waals surface area contributed by atoms with Gasteiger partial charge in [-0.1, -0.05) is 6.92 Å². The Morgan fingerprint density at radius 3 is 2.64 bits per heavy atom. The van der Waals surface area contributed by atoms with Crippen molar-refractivity contribution >= 4 is 17.5 Å². The molecule has 3 heteroatoms. The fraction of sp³-hybridized carbons (Fsp3) is 0.909. The van der Waals surface area contributed by atoms with Gasteiger partial charge in [-0.2, -0.15) is 0 Å². The number of alkyl halides is 1. The van der Waals surface area contributed by atoms with Gasteiger partial charge < -0.3 is 4.90 Å². The summed E-state index contributed by atoms with van der Waals surface area (Å²) in [5, 5.41) is 0. The summed E-state index contributed by atoms with van der Waals surface area (Å²) in [6.45, 7) is 2.91. The molecule has 0 saturated heterocycles. The molecular weight excluding hydrogens is 198 g/mol. The van der Waals surface area contributed by atoms with Crippen molar-refractivity contribution < 1.29 is 4.79 Å². The number of amides is 1. The standard InChI is InChI=1S/C11H20ClNO/c1-2-5-11(14)13(9-4-8-12)10-6-3-7-10/h10H,2-9H2,1H3. The number of rotatable bonds is 6. The lowest BCUT2D eigenvalue weighted by Crippen LogP contribution is -2.44. The van der Waals surface area contributed by atoms with E-state index >= 15 is 0 Å². The van der Waals surface area contributed by atoms with Gasteiger partial charge >= 0.3 is 0 Å². The van der Waals surface area contributed by atoms with Gasteiger partial charge in [0, 0.05) is 24.9 Å². The molecule has 0 radical (unpaired) electrons. The van der Waals surface area contributed by atoms with Gasteiger partial charge in [0.05, 0.1) is 0 Å². The zero-order valence-electron chi connectivity index (χ0n) is 8.97. The molecule has 0 aromatic carbocycles. The molecular formula is C11H20ClNO. The topological polar surface area (TPSA) is 20.3 Å². The van der Waals surface area contributed by atoms with Gasteiger partial charge in [-0.3, -0.25) is 4.79 Å². The summed E-state index contributed by atoms with van der Waals surface area (Å²) in [6, 6.07) is 0.525. The summed E-state index contributed by atoms with van der Waals surface area (Å²) in [6.07, 6.45) is 6.23. The monoisotopic (exact) mass is 217 g/mol. The maximum atomic E-state index is 11.8. The average molecular weight is 218 g/mol. The van der Waals surface area contributed by atoms with E-state index in [1.807, 2.05) is 0 Å². The molecule has 1 fully saturated rings. The number of carbonyl (C=O) groups is 1. The molecule has 1 aliphatic rings. The van der Waals surface area contributed by atoms with Gasteiger partial charge in [-0.05, 0) is 32.1 Å². The van der Waals surface area contributed by atoms with Crippen LogP contribution in [0.4, 0.5) is 0 Å². The van der Waals surface area contributed by atoms with Crippen molar-refractivity contribution in [3.05, 3.63) is 0 Å². The molecule has 0 aliphatic heterocycles. The van der Waals surface area contributed by atoms with Gasteiger partial charge in [0.2, 0.25) is 5.91 Å². The van der Waals surface area contributed by atoms with Crippen molar-refractivity contribution in [2.75, 3.05) is 12.4 Å². The highest BCUT2D eigenvalue weighted by atomic mass is 35.5. The third-order valence-corrected chi connectivity index (χ3v) is 3.10. The molecule has 2 nitrogen and oxygen atoms in total. The Morgan fingerprint density at radius 2 is 2.21 bits per heavy atom. The zero-order valence-corrected chi connectivity index (χ0v) is 9.72. The van der Waals surface area contributed by atoms with Gasteiger partial charge in [0.1, 0.15) is 0 Å². The summed E-state index contributed by atoms with van der Waals surface area (Å²) in [7, 11) is 0. The number of halogens is 1. The minimum absolute atomic E-state index is 0.322. The average Bonchev–Trinajstić information content (AvgIpc) is 2.09. The minimum atomic E-state index is 0.322. The maximum absolute atomic E-state index is 11.8. The minimum Gasteiger partial charge on any atom is -0.340 e. The van der Waals surface area contributed by atoms with Crippen LogP contribution in [0, 0.1) is 0 Å². The largest absolute Gasteiger partial charge is 0.340 e. The highest BCUT2D eigenvalue weighted by Gasteiger charge is 2.27. The Labute approximate surface area is 91.6 Å². The van der Waals surface area contributed by atoms with Crippen LogP contribution in [0.3, 0.4) is 0 Å². The maximum Gasteiger partial charge on any atom is 0.222 e. The quantitative estimate of drug-likeness (QED) is 0.627. The van der Waals surface area contributed by atoms with Gasteiger partial charge in [-0.15, -0.1) is 11.6 Å². The van der Waals surface area contributed by atoms with E-state index in [2.05, 4.69) is 11.8 Å². The van der Waals surface area contributed by atoms with Crippen LogP contribution in [0.1, 0.15) is 45.4 Å². The van der Waals surface area contributed by atoms with Crippen LogP contribution in [0.5, 0.6) is 0 Å². The number of carbonyl (C=O) groups excluding carboxylic acids is 1. The lowest BCUT2D eigenvalue weighted by atomic mass is 9.91. The lowest BCUT2D eigenvalue weighted by molar-refractivity contribution is -0.135. The summed E-state index contributed by atoms with van der Waals surface area (Å²) in [4.78, 5) is 13.8. The second-order valence-corrected chi connectivity index (χ2v) is 4.34. The molecule has 0 aromatic heterocycles. The SMILES string of the molecule is CCCC(=O)N(CCCCl)C1CCC1. The van der Waals surface area contributed by atoms with E-state index in [0.717, 1.165) is 19.4 Å². The molecule has 0 heterocycles. The summed E-state index contributed by atoms with van der Waals surface area (Å²) in [5.41, 5.74) is 0. The molecule has 14 heavy (non-hydrogen) atoms. The Balaban J connectivity index is 2.38. The Bertz CT molecular complexity index is 180. The fourth-order valence-electron chi connectivity index (χ4n) is 1.80. The molecule has 0 aromatic rings. The van der Waals surface area contributed by atoms with Crippen molar-refractivity contribution in [3.63, 3.8) is 0 Å². The Morgan fingerprint density at radius 1 is 1.50 bits per heavy atom. The van der Waals surface area contributed by atoms with Crippen molar-refractivity contribution in [2.24, 2.45) is 0 Å². The first-order valence-electron chi connectivity index (χ1n) is 5.65. The molecule has 0 unspecified atom stereocenters. The smallest absolute Gasteiger partial charge is 0.222 e. The molecule has 0 spiro atoms. The molecule has 1 saturated carbocycles. The van der Waals surface area contributed by atoms with Crippen LogP contribution in [0.15, 0.2) is 0 Å². The third-order valence-electron chi connectivity index (χ3n) is 2.83. The predicted octanol–water partition coefficient (Wildman–Crippen LogP) is 2.80. The number of hydrogen-bond donors (Lipinski definition) is 0. The van der Waals surface area contributed by atoms with Crippen LogP contribution in [-0.4, -0.2) is 29.3 Å². The van der Waals surface area contributed by atoms with E-state index in [-0.39, 0.29) is 0 Å². The molecule has 1 rings (SSSR count). The van der Waals surface area contributed by atoms with Crippen LogP contribution in [0.25, 0.3) is 0 Å². The molecule has 0 atom stereocenters. The Kier molecular flexibility index (Phi) is 5.31. The highest BCUT2D eigenvalue weighted by molar-refractivity contribution is 6.17. The van der Waals surface area contributed by atoms with E-state index in [0.29, 0.717) is 24.2 Å². The van der Waals surface area contributed by atoms with Gasteiger partial charge in [-0.25, -0.2) is 0 Å². The van der Waals surface area contributed by atoms with Crippen LogP contribution < -0.4 is 0 Å². The van der Waals surface area contributed by atoms with Crippen LogP contribution >= 0.6 is 11.6 Å². The Hall–Kier alpha value is -0.240. The lowest BCUT2D eigenvalue weighted by Gasteiger charge is -2.37. The van der Waals surface area contributed by atoms with Crippen molar-refractivity contribution in [3.8, 4) is 0 Å². The molecule has 1 aliphatic carbocycles. The van der Waals surface area contributed by atoms with Crippen molar-refractivity contribution in [1.29, 1.82) is 0 Å². The highest BCUT2D eigenvalue weighted by Crippen LogP contribution is 2.25.